The highest BCUT2D eigenvalue weighted by atomic mass is 16.6. The molecule has 0 aliphatic rings. The second-order valence-electron chi connectivity index (χ2n) is 6.02. The van der Waals surface area contributed by atoms with E-state index in [1.807, 2.05) is 44.2 Å². The molecule has 0 radical (unpaired) electrons. The van der Waals surface area contributed by atoms with E-state index < -0.39 is 11.4 Å². The fourth-order valence-corrected chi connectivity index (χ4v) is 2.28. The molecule has 3 aromatic rings. The summed E-state index contributed by atoms with van der Waals surface area (Å²) in [7, 11) is 0. The normalized spacial score (nSPS) is 10.9. The largest absolute Gasteiger partial charge is 0.451 e. The maximum atomic E-state index is 12.3. The van der Waals surface area contributed by atoms with Crippen molar-refractivity contribution < 1.29 is 14.1 Å². The van der Waals surface area contributed by atoms with E-state index in [0.29, 0.717) is 11.5 Å². The number of aromatic nitrogens is 4. The van der Waals surface area contributed by atoms with Gasteiger partial charge in [0.1, 0.15) is 0 Å². The Labute approximate surface area is 149 Å². The summed E-state index contributed by atoms with van der Waals surface area (Å²) in [5.74, 6) is -0.0579. The molecule has 0 bridgehead atoms. The van der Waals surface area contributed by atoms with E-state index in [9.17, 15) is 9.59 Å². The van der Waals surface area contributed by atoms with Crippen LogP contribution < -0.4 is 5.43 Å². The van der Waals surface area contributed by atoms with Gasteiger partial charge >= 0.3 is 5.97 Å². The smallest absolute Gasteiger partial charge is 0.363 e. The maximum absolute atomic E-state index is 12.3. The summed E-state index contributed by atoms with van der Waals surface area (Å²) in [6, 6.07) is 10.5. The number of aryl methyl sites for hydroxylation is 1. The number of ether oxygens (including phenoxy) is 1. The van der Waals surface area contributed by atoms with Crippen molar-refractivity contribution in [1.82, 2.24) is 19.9 Å². The van der Waals surface area contributed by atoms with E-state index in [1.165, 1.54) is 10.7 Å². The van der Waals surface area contributed by atoms with Gasteiger partial charge in [0.2, 0.25) is 11.1 Å². The van der Waals surface area contributed by atoms with Crippen LogP contribution in [0.2, 0.25) is 0 Å². The molecule has 0 atom stereocenters. The Bertz CT molecular complexity index is 976. The highest BCUT2D eigenvalue weighted by Gasteiger charge is 2.18. The van der Waals surface area contributed by atoms with Crippen LogP contribution >= 0.6 is 0 Å². The molecule has 3 rings (SSSR count). The Morgan fingerprint density at radius 3 is 2.65 bits per heavy atom. The van der Waals surface area contributed by atoms with Gasteiger partial charge in [-0.15, -0.1) is 0 Å². The van der Waals surface area contributed by atoms with Crippen molar-refractivity contribution in [2.75, 3.05) is 0 Å². The van der Waals surface area contributed by atoms with Crippen molar-refractivity contribution in [2.45, 2.75) is 33.3 Å². The zero-order valence-electron chi connectivity index (χ0n) is 14.7. The van der Waals surface area contributed by atoms with Crippen LogP contribution in [0.4, 0.5) is 0 Å². The Kier molecular flexibility index (Phi) is 4.92. The molecule has 26 heavy (non-hydrogen) atoms. The van der Waals surface area contributed by atoms with Crippen molar-refractivity contribution in [3.05, 3.63) is 69.7 Å². The van der Waals surface area contributed by atoms with Crippen LogP contribution in [0, 0.1) is 6.92 Å². The lowest BCUT2D eigenvalue weighted by Gasteiger charge is -2.10. The Hall–Kier alpha value is -3.29. The number of carbonyl (C=O) groups is 1. The highest BCUT2D eigenvalue weighted by Crippen LogP contribution is 2.11. The minimum atomic E-state index is -0.844. The SMILES string of the molecule is Cc1cc(=O)c(C(=O)OCc2nc(C(C)C)no2)nn1-c1ccccc1. The molecule has 0 amide bonds. The number of hydrogen-bond acceptors (Lipinski definition) is 7. The second kappa shape index (κ2) is 7.30. The number of benzene rings is 1. The lowest BCUT2D eigenvalue weighted by Crippen LogP contribution is -2.24. The van der Waals surface area contributed by atoms with E-state index in [2.05, 4.69) is 15.2 Å². The van der Waals surface area contributed by atoms with Crippen molar-refractivity contribution >= 4 is 5.97 Å². The van der Waals surface area contributed by atoms with Gasteiger partial charge in [0, 0.05) is 17.7 Å². The van der Waals surface area contributed by atoms with Gasteiger partial charge in [-0.2, -0.15) is 10.1 Å². The average molecular weight is 354 g/mol. The number of rotatable bonds is 5. The van der Waals surface area contributed by atoms with Crippen LogP contribution in [0.1, 0.15) is 47.7 Å². The van der Waals surface area contributed by atoms with Gasteiger partial charge in [-0.25, -0.2) is 9.48 Å². The molecule has 0 N–H and O–H groups in total. The second-order valence-corrected chi connectivity index (χ2v) is 6.02. The molecular weight excluding hydrogens is 336 g/mol. The number of para-hydroxylation sites is 1. The first-order chi connectivity index (χ1) is 12.5. The van der Waals surface area contributed by atoms with Crippen LogP contribution in [0.25, 0.3) is 5.69 Å². The predicted molar refractivity (Wildman–Crippen MR) is 92.1 cm³/mol. The van der Waals surface area contributed by atoms with E-state index in [1.54, 1.807) is 6.92 Å². The minimum absolute atomic E-state index is 0.0973. The topological polar surface area (TPSA) is 100 Å². The summed E-state index contributed by atoms with van der Waals surface area (Å²) >= 11 is 0. The standard InChI is InChI=1S/C18H18N4O4/c1-11(2)17-19-15(26-21-17)10-25-18(24)16-14(23)9-12(3)22(20-16)13-7-5-4-6-8-13/h4-9,11H,10H2,1-3H3. The summed E-state index contributed by atoms with van der Waals surface area (Å²) in [5.41, 5.74) is 0.532. The summed E-state index contributed by atoms with van der Waals surface area (Å²) in [6.45, 7) is 5.35. The Morgan fingerprint density at radius 2 is 2.00 bits per heavy atom. The Morgan fingerprint density at radius 1 is 1.27 bits per heavy atom. The van der Waals surface area contributed by atoms with Crippen LogP contribution in [-0.2, 0) is 11.3 Å². The predicted octanol–water partition coefficient (Wildman–Crippen LogP) is 2.40. The van der Waals surface area contributed by atoms with Crippen LogP contribution in [0.5, 0.6) is 0 Å². The maximum Gasteiger partial charge on any atom is 0.363 e. The summed E-state index contributed by atoms with van der Waals surface area (Å²) in [4.78, 5) is 28.5. The van der Waals surface area contributed by atoms with E-state index in [0.717, 1.165) is 5.69 Å². The van der Waals surface area contributed by atoms with E-state index in [4.69, 9.17) is 9.26 Å². The molecule has 0 saturated heterocycles. The molecule has 0 spiro atoms. The minimum Gasteiger partial charge on any atom is -0.451 e. The molecule has 0 aliphatic heterocycles. The highest BCUT2D eigenvalue weighted by molar-refractivity contribution is 5.86. The van der Waals surface area contributed by atoms with Crippen molar-refractivity contribution in [3.8, 4) is 5.69 Å². The number of carbonyl (C=O) groups excluding carboxylic acids is 1. The lowest BCUT2D eigenvalue weighted by atomic mass is 10.2. The fourth-order valence-electron chi connectivity index (χ4n) is 2.28. The molecule has 0 aliphatic carbocycles. The molecule has 0 unspecified atom stereocenters. The van der Waals surface area contributed by atoms with Gasteiger partial charge in [-0.1, -0.05) is 37.2 Å². The molecule has 1 aromatic carbocycles. The molecule has 8 nitrogen and oxygen atoms in total. The quantitative estimate of drug-likeness (QED) is 0.649. The summed E-state index contributed by atoms with van der Waals surface area (Å²) in [6.07, 6.45) is 0. The van der Waals surface area contributed by atoms with Crippen LogP contribution in [0.15, 0.2) is 45.7 Å². The molecule has 0 saturated carbocycles. The number of hydrogen-bond donors (Lipinski definition) is 0. The van der Waals surface area contributed by atoms with Gasteiger partial charge < -0.3 is 9.26 Å². The van der Waals surface area contributed by atoms with Gasteiger partial charge in [-0.05, 0) is 19.1 Å². The average Bonchev–Trinajstić information content (AvgIpc) is 3.10. The van der Waals surface area contributed by atoms with Crippen molar-refractivity contribution in [1.29, 1.82) is 0 Å². The first-order valence-corrected chi connectivity index (χ1v) is 8.11. The van der Waals surface area contributed by atoms with Gasteiger partial charge in [0.05, 0.1) is 5.69 Å². The zero-order chi connectivity index (χ0) is 18.7. The monoisotopic (exact) mass is 354 g/mol. The molecule has 8 heteroatoms. The molecule has 0 fully saturated rings. The van der Waals surface area contributed by atoms with Crippen molar-refractivity contribution in [3.63, 3.8) is 0 Å². The van der Waals surface area contributed by atoms with Crippen LogP contribution in [0.3, 0.4) is 0 Å². The molecule has 134 valence electrons. The molecule has 2 heterocycles. The number of nitrogens with zero attached hydrogens (tertiary/aromatic N) is 4. The lowest BCUT2D eigenvalue weighted by molar-refractivity contribution is 0.0419. The van der Waals surface area contributed by atoms with Gasteiger partial charge in [0.25, 0.3) is 5.89 Å². The van der Waals surface area contributed by atoms with E-state index in [-0.39, 0.29) is 24.1 Å². The summed E-state index contributed by atoms with van der Waals surface area (Å²) in [5, 5.41) is 7.94. The van der Waals surface area contributed by atoms with Crippen LogP contribution in [-0.4, -0.2) is 25.9 Å². The first-order valence-electron chi connectivity index (χ1n) is 8.11. The third-order valence-electron chi connectivity index (χ3n) is 3.63. The van der Waals surface area contributed by atoms with Gasteiger partial charge in [0.15, 0.2) is 12.4 Å². The fraction of sp³-hybridized carbons (Fsp3) is 0.278. The third kappa shape index (κ3) is 3.69. The third-order valence-corrected chi connectivity index (χ3v) is 3.63. The molecular formula is C18H18N4O4. The molecule has 2 aromatic heterocycles. The first kappa shape index (κ1) is 17.5. The summed E-state index contributed by atoms with van der Waals surface area (Å²) < 4.78 is 11.6. The number of esters is 1. The Balaban J connectivity index is 1.81. The van der Waals surface area contributed by atoms with E-state index >= 15 is 0 Å². The van der Waals surface area contributed by atoms with Crippen molar-refractivity contribution in [2.24, 2.45) is 0 Å². The van der Waals surface area contributed by atoms with Gasteiger partial charge in [-0.3, -0.25) is 4.79 Å². The zero-order valence-corrected chi connectivity index (χ0v) is 14.7.